The zero-order valence-corrected chi connectivity index (χ0v) is 27.1. The average molecular weight is 617 g/mol. The van der Waals surface area contributed by atoms with Gasteiger partial charge in [0.05, 0.1) is 30.8 Å². The molecule has 3 heterocycles. The van der Waals surface area contributed by atoms with Gasteiger partial charge in [-0.2, -0.15) is 15.1 Å². The number of ether oxygens (including phenoxy) is 1. The van der Waals surface area contributed by atoms with Crippen molar-refractivity contribution in [2.75, 3.05) is 30.3 Å². The molecule has 232 valence electrons. The van der Waals surface area contributed by atoms with Crippen LogP contribution in [0.25, 0.3) is 27.9 Å². The van der Waals surface area contributed by atoms with E-state index in [4.69, 9.17) is 24.2 Å². The van der Waals surface area contributed by atoms with E-state index in [-0.39, 0.29) is 29.9 Å². The summed E-state index contributed by atoms with van der Waals surface area (Å²) < 4.78 is 15.2. The van der Waals surface area contributed by atoms with E-state index in [1.807, 2.05) is 24.3 Å². The van der Waals surface area contributed by atoms with E-state index < -0.39 is 8.32 Å². The number of aromatic hydroxyl groups is 1. The molecule has 0 atom stereocenters. The number of carbonyl (C=O) groups is 1. The van der Waals surface area contributed by atoms with Crippen molar-refractivity contribution in [1.82, 2.24) is 29.3 Å². The van der Waals surface area contributed by atoms with Gasteiger partial charge >= 0.3 is 5.97 Å². The number of hydrogen-bond donors (Lipinski definition) is 3. The van der Waals surface area contributed by atoms with Gasteiger partial charge in [-0.25, -0.2) is 9.67 Å². The van der Waals surface area contributed by atoms with Crippen LogP contribution in [0.4, 0.5) is 11.6 Å². The maximum absolute atomic E-state index is 12.4. The second-order valence-corrected chi connectivity index (χ2v) is 16.9. The lowest BCUT2D eigenvalue weighted by atomic mass is 10.2. The number of phenolic OH excluding ortho intramolecular Hbond substituents is 1. The number of nitrogens with one attached hydrogen (secondary N) is 2. The molecule has 0 saturated heterocycles. The fourth-order valence-corrected chi connectivity index (χ4v) is 5.37. The van der Waals surface area contributed by atoms with Gasteiger partial charge < -0.3 is 29.5 Å². The standard InChI is InChI=1S/C31H40N8O4Si/c1-7-42-26(41)18-38-20-34-27-28(38)35-30(33-17-16-32-21-12-14-22(40)15-13-21)36-29(27)39-25-11-9-8-10-23(25)24(37-39)19-43-44(5,6)31(2,3)4/h8-15,20,32,40H,7,16-19H2,1-6H3,(H,33,35,36). The first-order valence-corrected chi connectivity index (χ1v) is 17.6. The summed E-state index contributed by atoms with van der Waals surface area (Å²) in [5.74, 6) is 0.683. The molecular formula is C31H40N8O4Si. The topological polar surface area (TPSA) is 141 Å². The molecular weight excluding hydrogens is 576 g/mol. The molecule has 5 rings (SSSR count). The summed E-state index contributed by atoms with van der Waals surface area (Å²) in [5.41, 5.74) is 3.55. The van der Waals surface area contributed by atoms with Crippen LogP contribution in [-0.2, 0) is 27.1 Å². The Morgan fingerprint density at radius 1 is 1.02 bits per heavy atom. The van der Waals surface area contributed by atoms with Crippen LogP contribution < -0.4 is 10.6 Å². The lowest BCUT2D eigenvalue weighted by Crippen LogP contribution is -2.40. The van der Waals surface area contributed by atoms with Gasteiger partial charge in [-0.1, -0.05) is 39.0 Å². The van der Waals surface area contributed by atoms with Gasteiger partial charge in [0, 0.05) is 24.2 Å². The second kappa shape index (κ2) is 12.6. The van der Waals surface area contributed by atoms with Crippen molar-refractivity contribution in [3.8, 4) is 11.6 Å². The van der Waals surface area contributed by atoms with Crippen molar-refractivity contribution in [2.45, 2.75) is 59.0 Å². The fourth-order valence-electron chi connectivity index (χ4n) is 4.44. The van der Waals surface area contributed by atoms with Crippen LogP contribution in [0, 0.1) is 0 Å². The van der Waals surface area contributed by atoms with Gasteiger partial charge in [-0.05, 0) is 55.4 Å². The molecule has 0 fully saturated rings. The molecule has 0 aliphatic rings. The van der Waals surface area contributed by atoms with E-state index >= 15 is 0 Å². The molecule has 0 amide bonds. The number of fused-ring (bicyclic) bond motifs is 2. The number of rotatable bonds is 12. The van der Waals surface area contributed by atoms with Crippen molar-refractivity contribution < 1.29 is 19.1 Å². The average Bonchev–Trinajstić information content (AvgIpc) is 3.56. The summed E-state index contributed by atoms with van der Waals surface area (Å²) in [6, 6.07) is 14.9. The van der Waals surface area contributed by atoms with Crippen LogP contribution in [0.3, 0.4) is 0 Å². The Labute approximate surface area is 257 Å². The molecule has 0 spiro atoms. The van der Waals surface area contributed by atoms with E-state index in [0.29, 0.717) is 42.6 Å². The first-order valence-electron chi connectivity index (χ1n) is 14.7. The SMILES string of the molecule is CCOC(=O)Cn1cnc2c(-n3nc(CO[Si](C)(C)C(C)(C)C)c4ccccc43)nc(NCCNc3ccc(O)cc3)nc21. The minimum Gasteiger partial charge on any atom is -0.508 e. The predicted molar refractivity (Wildman–Crippen MR) is 174 cm³/mol. The van der Waals surface area contributed by atoms with E-state index in [1.54, 1.807) is 46.8 Å². The molecule has 13 heteroatoms. The largest absolute Gasteiger partial charge is 0.508 e. The highest BCUT2D eigenvalue weighted by atomic mass is 28.4. The number of hydrogen-bond acceptors (Lipinski definition) is 10. The molecule has 0 saturated carbocycles. The number of aromatic nitrogens is 6. The van der Waals surface area contributed by atoms with Gasteiger partial charge in [0.2, 0.25) is 5.95 Å². The minimum atomic E-state index is -2.03. The summed E-state index contributed by atoms with van der Waals surface area (Å²) in [6.45, 7) is 14.6. The highest BCUT2D eigenvalue weighted by Crippen LogP contribution is 2.37. The van der Waals surface area contributed by atoms with E-state index in [2.05, 4.69) is 49.5 Å². The molecule has 44 heavy (non-hydrogen) atoms. The molecule has 3 aromatic heterocycles. The monoisotopic (exact) mass is 616 g/mol. The van der Waals surface area contributed by atoms with Crippen molar-refractivity contribution in [3.63, 3.8) is 0 Å². The molecule has 0 aliphatic carbocycles. The molecule has 5 aromatic rings. The highest BCUT2D eigenvalue weighted by Gasteiger charge is 2.37. The Hall–Kier alpha value is -4.49. The number of nitrogens with zero attached hydrogens (tertiary/aromatic N) is 6. The van der Waals surface area contributed by atoms with Gasteiger partial charge in [0.25, 0.3) is 0 Å². The van der Waals surface area contributed by atoms with Crippen LogP contribution in [0.1, 0.15) is 33.4 Å². The third-order valence-corrected chi connectivity index (χ3v) is 12.4. The Kier molecular flexibility index (Phi) is 8.88. The molecule has 0 radical (unpaired) electrons. The summed E-state index contributed by atoms with van der Waals surface area (Å²) >= 11 is 0. The lowest BCUT2D eigenvalue weighted by Gasteiger charge is -2.35. The van der Waals surface area contributed by atoms with Gasteiger partial charge in [-0.15, -0.1) is 0 Å². The van der Waals surface area contributed by atoms with Crippen LogP contribution in [0.5, 0.6) is 5.75 Å². The van der Waals surface area contributed by atoms with E-state index in [9.17, 15) is 9.90 Å². The molecule has 0 unspecified atom stereocenters. The summed E-state index contributed by atoms with van der Waals surface area (Å²) in [6.07, 6.45) is 1.57. The first kappa shape index (κ1) is 30.9. The van der Waals surface area contributed by atoms with Crippen molar-refractivity contribution in [3.05, 3.63) is 60.6 Å². The molecule has 3 N–H and O–H groups in total. The molecule has 12 nitrogen and oxygen atoms in total. The number of benzene rings is 2. The van der Waals surface area contributed by atoms with Crippen molar-refractivity contribution >= 4 is 48.0 Å². The zero-order valence-electron chi connectivity index (χ0n) is 26.1. The Morgan fingerprint density at radius 3 is 2.48 bits per heavy atom. The zero-order chi connectivity index (χ0) is 31.5. The number of phenols is 1. The second-order valence-electron chi connectivity index (χ2n) is 12.0. The van der Waals surface area contributed by atoms with Crippen LogP contribution >= 0.6 is 0 Å². The van der Waals surface area contributed by atoms with Crippen LogP contribution in [0.2, 0.25) is 18.1 Å². The molecule has 0 aliphatic heterocycles. The number of carbonyl (C=O) groups excluding carboxylic acids is 1. The fraction of sp³-hybridized carbons (Fsp3) is 0.387. The van der Waals surface area contributed by atoms with E-state index in [0.717, 1.165) is 22.3 Å². The van der Waals surface area contributed by atoms with Crippen molar-refractivity contribution in [2.24, 2.45) is 0 Å². The van der Waals surface area contributed by atoms with Gasteiger partial charge in [0.15, 0.2) is 25.3 Å². The van der Waals surface area contributed by atoms with Crippen molar-refractivity contribution in [1.29, 1.82) is 0 Å². The predicted octanol–water partition coefficient (Wildman–Crippen LogP) is 5.48. The Bertz CT molecular complexity index is 1760. The maximum Gasteiger partial charge on any atom is 0.326 e. The summed E-state index contributed by atoms with van der Waals surface area (Å²) in [5, 5.41) is 22.2. The first-order chi connectivity index (χ1) is 21.0. The number of esters is 1. The molecule has 2 aromatic carbocycles. The van der Waals surface area contributed by atoms with E-state index in [1.165, 1.54) is 0 Å². The summed E-state index contributed by atoms with van der Waals surface area (Å²) in [4.78, 5) is 26.6. The molecule has 0 bridgehead atoms. The number of imidazole rings is 1. The van der Waals surface area contributed by atoms with Gasteiger partial charge in [0.1, 0.15) is 12.3 Å². The lowest BCUT2D eigenvalue weighted by molar-refractivity contribution is -0.143. The Balaban J connectivity index is 1.51. The maximum atomic E-state index is 12.4. The Morgan fingerprint density at radius 2 is 1.75 bits per heavy atom. The summed E-state index contributed by atoms with van der Waals surface area (Å²) in [7, 11) is -2.03. The van der Waals surface area contributed by atoms with Gasteiger partial charge in [-0.3, -0.25) is 4.79 Å². The number of para-hydroxylation sites is 1. The number of anilines is 2. The normalized spacial score (nSPS) is 12.1. The third-order valence-electron chi connectivity index (χ3n) is 7.90. The smallest absolute Gasteiger partial charge is 0.326 e. The minimum absolute atomic E-state index is 0.0336. The quantitative estimate of drug-likeness (QED) is 0.0714. The third kappa shape index (κ3) is 6.68. The highest BCUT2D eigenvalue weighted by molar-refractivity contribution is 6.74. The van der Waals surface area contributed by atoms with Crippen LogP contribution in [-0.4, -0.2) is 68.4 Å². The van der Waals surface area contributed by atoms with Crippen LogP contribution in [0.15, 0.2) is 54.9 Å².